The summed E-state index contributed by atoms with van der Waals surface area (Å²) in [7, 11) is 0. The van der Waals surface area contributed by atoms with Crippen LogP contribution >= 0.6 is 23.2 Å². The normalized spacial score (nSPS) is 13.8. The second-order valence-corrected chi connectivity index (χ2v) is 8.39. The Kier molecular flexibility index (Phi) is 6.09. The molecule has 0 aliphatic carbocycles. The average Bonchev–Trinajstić information content (AvgIpc) is 3.26. The van der Waals surface area contributed by atoms with Crippen molar-refractivity contribution < 1.29 is 27.8 Å². The summed E-state index contributed by atoms with van der Waals surface area (Å²) in [5.41, 5.74) is -0.167. The first kappa shape index (κ1) is 23.7. The van der Waals surface area contributed by atoms with Crippen LogP contribution in [0.3, 0.4) is 0 Å². The molecule has 0 unspecified atom stereocenters. The second-order valence-electron chi connectivity index (χ2n) is 7.59. The fourth-order valence-corrected chi connectivity index (χ4v) is 3.69. The Bertz CT molecular complexity index is 1310. The lowest BCUT2D eigenvalue weighted by molar-refractivity contribution is -0.286. The smallest absolute Gasteiger partial charge is 0.395 e. The highest BCUT2D eigenvalue weighted by molar-refractivity contribution is 6.32. The van der Waals surface area contributed by atoms with E-state index in [9.17, 15) is 18.4 Å². The monoisotopic (exact) mass is 511 g/mol. The number of anilines is 1. The maximum absolute atomic E-state index is 13.8. The fraction of sp³-hybridized carbons (Fsp3) is 0.238. The number of halogens is 4. The Morgan fingerprint density at radius 3 is 2.59 bits per heavy atom. The quantitative estimate of drug-likeness (QED) is 0.518. The van der Waals surface area contributed by atoms with Gasteiger partial charge in [0.15, 0.2) is 22.5 Å². The Morgan fingerprint density at radius 1 is 1.18 bits per heavy atom. The van der Waals surface area contributed by atoms with Gasteiger partial charge in [0, 0.05) is 18.3 Å². The van der Waals surface area contributed by atoms with Gasteiger partial charge in [-0.05, 0) is 44.5 Å². The van der Waals surface area contributed by atoms with E-state index in [0.717, 1.165) is 4.68 Å². The third kappa shape index (κ3) is 4.48. The number of carbonyl (C=O) groups is 2. The molecule has 0 bridgehead atoms. The van der Waals surface area contributed by atoms with Gasteiger partial charge in [0.05, 0.1) is 10.7 Å². The molecule has 1 aliphatic rings. The van der Waals surface area contributed by atoms with Gasteiger partial charge >= 0.3 is 6.29 Å². The van der Waals surface area contributed by atoms with E-state index in [1.807, 2.05) is 0 Å². The number of rotatable bonds is 5. The van der Waals surface area contributed by atoms with Crippen LogP contribution in [0.2, 0.25) is 10.2 Å². The van der Waals surface area contributed by atoms with Gasteiger partial charge in [-0.25, -0.2) is 9.67 Å². The molecular formula is C21H17Cl2F2N5O4. The molecule has 34 heavy (non-hydrogen) atoms. The third-order valence-corrected chi connectivity index (χ3v) is 5.11. The molecule has 0 spiro atoms. The van der Waals surface area contributed by atoms with E-state index in [1.165, 1.54) is 25.3 Å². The van der Waals surface area contributed by atoms with Crippen LogP contribution in [0.15, 0.2) is 30.5 Å². The van der Waals surface area contributed by atoms with E-state index in [4.69, 9.17) is 23.2 Å². The summed E-state index contributed by atoms with van der Waals surface area (Å²) in [5, 5.41) is 9.42. The van der Waals surface area contributed by atoms with E-state index in [2.05, 4.69) is 30.2 Å². The van der Waals surface area contributed by atoms with Crippen molar-refractivity contribution in [1.82, 2.24) is 20.1 Å². The summed E-state index contributed by atoms with van der Waals surface area (Å²) in [4.78, 5) is 30.3. The van der Waals surface area contributed by atoms with Gasteiger partial charge < -0.3 is 20.1 Å². The minimum absolute atomic E-state index is 0.0216. The van der Waals surface area contributed by atoms with Crippen molar-refractivity contribution in [1.29, 1.82) is 0 Å². The average molecular weight is 512 g/mol. The standard InChI is InChI=1S/C21H17Cl2F2N5O4/c1-9(2)27-20(32)15-16(10(3)7-13-17(15)34-21(24,25)33-13)28-19(31)12-8-14(23)29-30(12)18-11(22)5-4-6-26-18/h4-9H,1-3H3,(H,27,32)(H,28,31). The predicted molar refractivity (Wildman–Crippen MR) is 119 cm³/mol. The minimum atomic E-state index is -3.97. The van der Waals surface area contributed by atoms with Crippen LogP contribution in [0.25, 0.3) is 5.82 Å². The number of pyridine rings is 1. The van der Waals surface area contributed by atoms with E-state index in [1.54, 1.807) is 26.0 Å². The topological polar surface area (TPSA) is 107 Å². The molecule has 1 aromatic carbocycles. The molecule has 3 aromatic rings. The van der Waals surface area contributed by atoms with Crippen molar-refractivity contribution in [3.05, 3.63) is 57.5 Å². The van der Waals surface area contributed by atoms with Gasteiger partial charge in [-0.15, -0.1) is 8.78 Å². The minimum Gasteiger partial charge on any atom is -0.395 e. The summed E-state index contributed by atoms with van der Waals surface area (Å²) in [6.45, 7) is 4.90. The Hall–Kier alpha value is -3.44. The van der Waals surface area contributed by atoms with Gasteiger partial charge in [-0.3, -0.25) is 9.59 Å². The number of aryl methyl sites for hydroxylation is 1. The second kappa shape index (κ2) is 8.73. The molecule has 3 heterocycles. The number of amides is 2. The highest BCUT2D eigenvalue weighted by atomic mass is 35.5. The number of hydrogen-bond acceptors (Lipinski definition) is 6. The number of alkyl halides is 2. The molecular weight excluding hydrogens is 495 g/mol. The summed E-state index contributed by atoms with van der Waals surface area (Å²) in [6, 6.07) is 5.32. The van der Waals surface area contributed by atoms with E-state index in [-0.39, 0.29) is 50.3 Å². The van der Waals surface area contributed by atoms with Crippen LogP contribution in [0, 0.1) is 6.92 Å². The lowest BCUT2D eigenvalue weighted by atomic mass is 10.0. The van der Waals surface area contributed by atoms with E-state index >= 15 is 0 Å². The molecule has 9 nitrogen and oxygen atoms in total. The number of aromatic nitrogens is 3. The van der Waals surface area contributed by atoms with Crippen molar-refractivity contribution in [3.63, 3.8) is 0 Å². The van der Waals surface area contributed by atoms with E-state index in [0.29, 0.717) is 0 Å². The van der Waals surface area contributed by atoms with Crippen molar-refractivity contribution in [2.75, 3.05) is 5.32 Å². The number of nitrogens with one attached hydrogen (secondary N) is 2. The fourth-order valence-electron chi connectivity index (χ4n) is 3.31. The highest BCUT2D eigenvalue weighted by Crippen LogP contribution is 2.47. The zero-order valence-electron chi connectivity index (χ0n) is 18.0. The van der Waals surface area contributed by atoms with Crippen molar-refractivity contribution in [2.45, 2.75) is 33.1 Å². The SMILES string of the molecule is Cc1cc2c(c(C(=O)NC(C)C)c1NC(=O)c1cc(Cl)nn1-c1ncccc1Cl)OC(F)(F)O2. The largest absolute Gasteiger partial charge is 0.586 e. The number of ether oxygens (including phenoxy) is 2. The summed E-state index contributed by atoms with van der Waals surface area (Å²) < 4.78 is 37.8. The summed E-state index contributed by atoms with van der Waals surface area (Å²) in [5.74, 6) is -2.19. The van der Waals surface area contributed by atoms with Crippen LogP contribution < -0.4 is 20.1 Å². The molecule has 0 saturated heterocycles. The van der Waals surface area contributed by atoms with Gasteiger partial charge in [0.2, 0.25) is 0 Å². The van der Waals surface area contributed by atoms with Crippen LogP contribution in [-0.4, -0.2) is 38.9 Å². The number of fused-ring (bicyclic) bond motifs is 1. The lowest BCUT2D eigenvalue weighted by Gasteiger charge is -2.17. The molecule has 13 heteroatoms. The highest BCUT2D eigenvalue weighted by Gasteiger charge is 2.46. The number of nitrogens with zero attached hydrogens (tertiary/aromatic N) is 3. The number of hydrogen-bond donors (Lipinski definition) is 2. The molecule has 2 aromatic heterocycles. The van der Waals surface area contributed by atoms with Crippen LogP contribution in [0.5, 0.6) is 11.5 Å². The zero-order chi connectivity index (χ0) is 24.8. The Labute approximate surface area is 202 Å². The van der Waals surface area contributed by atoms with Crippen LogP contribution in [0.1, 0.15) is 40.3 Å². The van der Waals surface area contributed by atoms with Gasteiger partial charge in [-0.1, -0.05) is 23.2 Å². The maximum atomic E-state index is 13.8. The molecule has 178 valence electrons. The molecule has 0 saturated carbocycles. The first-order valence-electron chi connectivity index (χ1n) is 9.89. The molecule has 2 amide bonds. The third-order valence-electron chi connectivity index (χ3n) is 4.63. The van der Waals surface area contributed by atoms with Gasteiger partial charge in [0.1, 0.15) is 11.3 Å². The lowest BCUT2D eigenvalue weighted by Crippen LogP contribution is -2.32. The first-order chi connectivity index (χ1) is 16.0. The van der Waals surface area contributed by atoms with E-state index < -0.39 is 23.9 Å². The van der Waals surface area contributed by atoms with Crippen LogP contribution in [-0.2, 0) is 0 Å². The molecule has 0 radical (unpaired) electrons. The molecule has 4 rings (SSSR count). The van der Waals surface area contributed by atoms with Crippen LogP contribution in [0.4, 0.5) is 14.5 Å². The van der Waals surface area contributed by atoms with Gasteiger partial charge in [0.25, 0.3) is 11.8 Å². The summed E-state index contributed by atoms with van der Waals surface area (Å²) in [6.07, 6.45) is -2.51. The summed E-state index contributed by atoms with van der Waals surface area (Å²) >= 11 is 12.2. The molecule has 1 aliphatic heterocycles. The number of benzene rings is 1. The number of carbonyl (C=O) groups excluding carboxylic acids is 2. The van der Waals surface area contributed by atoms with Crippen molar-refractivity contribution >= 4 is 40.7 Å². The van der Waals surface area contributed by atoms with Crippen molar-refractivity contribution in [3.8, 4) is 17.3 Å². The maximum Gasteiger partial charge on any atom is 0.586 e. The Balaban J connectivity index is 1.80. The van der Waals surface area contributed by atoms with Gasteiger partial charge in [-0.2, -0.15) is 5.10 Å². The molecule has 0 atom stereocenters. The first-order valence-corrected chi connectivity index (χ1v) is 10.6. The predicted octanol–water partition coefficient (Wildman–Crippen LogP) is 4.59. The molecule has 0 fully saturated rings. The van der Waals surface area contributed by atoms with Crippen molar-refractivity contribution in [2.24, 2.45) is 0 Å². The Morgan fingerprint density at radius 2 is 1.91 bits per heavy atom. The molecule has 2 N–H and O–H groups in total. The zero-order valence-corrected chi connectivity index (χ0v) is 19.5.